The van der Waals surface area contributed by atoms with Crippen LogP contribution in [0.1, 0.15) is 12.5 Å². The number of nitrogens with zero attached hydrogens (tertiary/aromatic N) is 6. The number of benzene rings is 1. The molecule has 27 heavy (non-hydrogen) atoms. The van der Waals surface area contributed by atoms with Gasteiger partial charge in [0, 0.05) is 27.2 Å². The van der Waals surface area contributed by atoms with Crippen molar-refractivity contribution in [3.63, 3.8) is 0 Å². The summed E-state index contributed by atoms with van der Waals surface area (Å²) in [6.45, 7) is 4.87. The molecule has 0 atom stereocenters. The fourth-order valence-electron chi connectivity index (χ4n) is 2.55. The second-order valence-corrected chi connectivity index (χ2v) is 6.42. The summed E-state index contributed by atoms with van der Waals surface area (Å²) in [5.41, 5.74) is 5.07. The number of nitrogens with one attached hydrogen (secondary N) is 1. The molecule has 8 nitrogen and oxygen atoms in total. The van der Waals surface area contributed by atoms with E-state index in [1.54, 1.807) is 6.21 Å². The summed E-state index contributed by atoms with van der Waals surface area (Å²) in [7, 11) is 3.80. The van der Waals surface area contributed by atoms with Crippen LogP contribution in [0, 0.1) is 0 Å². The molecule has 1 aliphatic heterocycles. The van der Waals surface area contributed by atoms with E-state index < -0.39 is 0 Å². The van der Waals surface area contributed by atoms with E-state index >= 15 is 0 Å². The summed E-state index contributed by atoms with van der Waals surface area (Å²) in [4.78, 5) is 17.4. The predicted octanol–water partition coefficient (Wildman–Crippen LogP) is 2.28. The first-order valence-electron chi connectivity index (χ1n) is 8.90. The Labute approximate surface area is 159 Å². The average molecular weight is 367 g/mol. The van der Waals surface area contributed by atoms with E-state index in [9.17, 15) is 0 Å². The van der Waals surface area contributed by atoms with Crippen LogP contribution in [0.5, 0.6) is 0 Å². The van der Waals surface area contributed by atoms with E-state index in [2.05, 4.69) is 48.6 Å². The van der Waals surface area contributed by atoms with Crippen molar-refractivity contribution in [1.29, 1.82) is 0 Å². The average Bonchev–Trinajstić information content (AvgIpc) is 2.69. The Kier molecular flexibility index (Phi) is 6.32. The molecule has 1 aliphatic rings. The maximum absolute atomic E-state index is 5.40. The first-order chi connectivity index (χ1) is 13.1. The highest BCUT2D eigenvalue weighted by Crippen LogP contribution is 2.16. The molecule has 0 spiro atoms. The minimum Gasteiger partial charge on any atom is -0.378 e. The Balaban J connectivity index is 1.73. The molecule has 0 amide bonds. The fraction of sp³-hybridized carbons (Fsp3) is 0.368. The van der Waals surface area contributed by atoms with Gasteiger partial charge in [-0.25, -0.2) is 5.43 Å². The molecule has 0 unspecified atom stereocenters. The third-order valence-electron chi connectivity index (χ3n) is 3.93. The van der Waals surface area contributed by atoms with E-state index in [1.165, 1.54) is 0 Å². The molecule has 1 aromatic heterocycles. The molecule has 142 valence electrons. The topological polar surface area (TPSA) is 78.8 Å². The Hall–Kier alpha value is -3.00. The number of ether oxygens (including phenoxy) is 1. The maximum atomic E-state index is 5.40. The molecule has 0 radical (unpaired) electrons. The van der Waals surface area contributed by atoms with Crippen molar-refractivity contribution >= 4 is 30.1 Å². The van der Waals surface area contributed by atoms with Gasteiger partial charge in [0.05, 0.1) is 19.4 Å². The molecular weight excluding hydrogens is 342 g/mol. The highest BCUT2D eigenvalue weighted by Gasteiger charge is 2.17. The van der Waals surface area contributed by atoms with Gasteiger partial charge in [0.15, 0.2) is 0 Å². The summed E-state index contributed by atoms with van der Waals surface area (Å²) >= 11 is 0. The summed E-state index contributed by atoms with van der Waals surface area (Å²) in [5.74, 6) is 1.63. The largest absolute Gasteiger partial charge is 0.378 e. The smallest absolute Gasteiger partial charge is 0.250 e. The Morgan fingerprint density at radius 2 is 1.89 bits per heavy atom. The zero-order valence-corrected chi connectivity index (χ0v) is 16.0. The highest BCUT2D eigenvalue weighted by atomic mass is 16.5. The number of rotatable bonds is 6. The van der Waals surface area contributed by atoms with Gasteiger partial charge < -0.3 is 14.5 Å². The van der Waals surface area contributed by atoms with Crippen LogP contribution < -0.4 is 15.2 Å². The number of hydrogen-bond donors (Lipinski definition) is 1. The van der Waals surface area contributed by atoms with E-state index in [1.807, 2.05) is 44.1 Å². The summed E-state index contributed by atoms with van der Waals surface area (Å²) < 4.78 is 5.40. The van der Waals surface area contributed by atoms with Gasteiger partial charge >= 0.3 is 0 Å². The minimum atomic E-state index is 0.416. The predicted molar refractivity (Wildman–Crippen MR) is 109 cm³/mol. The highest BCUT2D eigenvalue weighted by molar-refractivity contribution is 5.85. The third-order valence-corrected chi connectivity index (χ3v) is 3.93. The molecule has 2 aromatic rings. The van der Waals surface area contributed by atoms with Crippen molar-refractivity contribution in [2.24, 2.45) is 5.10 Å². The van der Waals surface area contributed by atoms with Crippen LogP contribution in [0.3, 0.4) is 0 Å². The van der Waals surface area contributed by atoms with Crippen molar-refractivity contribution in [2.75, 3.05) is 55.6 Å². The second-order valence-electron chi connectivity index (χ2n) is 6.42. The molecule has 0 saturated carbocycles. The molecule has 1 aromatic carbocycles. The Morgan fingerprint density at radius 1 is 1.15 bits per heavy atom. The van der Waals surface area contributed by atoms with Crippen molar-refractivity contribution in [3.05, 3.63) is 41.5 Å². The molecule has 2 heterocycles. The van der Waals surface area contributed by atoms with Crippen LogP contribution in [0.4, 0.5) is 17.8 Å². The van der Waals surface area contributed by atoms with Crippen LogP contribution in [0.2, 0.25) is 0 Å². The minimum absolute atomic E-state index is 0.416. The molecule has 0 bridgehead atoms. The zero-order valence-electron chi connectivity index (χ0n) is 16.0. The van der Waals surface area contributed by atoms with Crippen molar-refractivity contribution in [3.8, 4) is 0 Å². The lowest BCUT2D eigenvalue weighted by molar-refractivity contribution is 0.122. The third kappa shape index (κ3) is 5.49. The normalized spacial score (nSPS) is 15.2. The number of aromatic nitrogens is 3. The maximum Gasteiger partial charge on any atom is 0.250 e. The van der Waals surface area contributed by atoms with E-state index in [0.29, 0.717) is 31.1 Å². The number of anilines is 3. The van der Waals surface area contributed by atoms with Crippen molar-refractivity contribution < 1.29 is 4.74 Å². The number of allylic oxidation sites excluding steroid dienone is 1. The van der Waals surface area contributed by atoms with Gasteiger partial charge in [-0.15, -0.1) is 0 Å². The molecule has 1 fully saturated rings. The molecule has 0 aliphatic carbocycles. The van der Waals surface area contributed by atoms with E-state index in [-0.39, 0.29) is 0 Å². The van der Waals surface area contributed by atoms with Gasteiger partial charge in [0.1, 0.15) is 0 Å². The first-order valence-corrected chi connectivity index (χ1v) is 8.90. The zero-order chi connectivity index (χ0) is 19.1. The van der Waals surface area contributed by atoms with Crippen molar-refractivity contribution in [2.45, 2.75) is 6.92 Å². The summed E-state index contributed by atoms with van der Waals surface area (Å²) in [6.07, 6.45) is 3.81. The van der Waals surface area contributed by atoms with Crippen LogP contribution in [-0.4, -0.2) is 61.6 Å². The second kappa shape index (κ2) is 9.09. The van der Waals surface area contributed by atoms with Crippen molar-refractivity contribution in [1.82, 2.24) is 15.0 Å². The van der Waals surface area contributed by atoms with Crippen LogP contribution in [0.25, 0.3) is 6.08 Å². The number of hydrogen-bond acceptors (Lipinski definition) is 8. The van der Waals surface area contributed by atoms with Crippen LogP contribution in [0.15, 0.2) is 41.0 Å². The SMILES string of the molecule is CC(/C=N/Nc1nc(N(C)C)nc(N2CCOCC2)n1)=C\c1ccccc1. The Morgan fingerprint density at radius 3 is 2.59 bits per heavy atom. The van der Waals surface area contributed by atoms with Gasteiger partial charge in [-0.3, -0.25) is 0 Å². The number of morpholine rings is 1. The lowest BCUT2D eigenvalue weighted by atomic mass is 10.1. The lowest BCUT2D eigenvalue weighted by Crippen LogP contribution is -2.37. The quantitative estimate of drug-likeness (QED) is 0.620. The van der Waals surface area contributed by atoms with Gasteiger partial charge in [-0.2, -0.15) is 20.1 Å². The Bertz CT molecular complexity index is 799. The monoisotopic (exact) mass is 367 g/mol. The summed E-state index contributed by atoms with van der Waals surface area (Å²) in [5, 5.41) is 4.27. The van der Waals surface area contributed by atoms with E-state index in [4.69, 9.17) is 4.74 Å². The molecule has 1 N–H and O–H groups in total. The van der Waals surface area contributed by atoms with E-state index in [0.717, 1.165) is 24.2 Å². The molecule has 1 saturated heterocycles. The molecule has 3 rings (SSSR count). The summed E-state index contributed by atoms with van der Waals surface area (Å²) in [6, 6.07) is 10.1. The molecule has 8 heteroatoms. The fourth-order valence-corrected chi connectivity index (χ4v) is 2.55. The van der Waals surface area contributed by atoms with Gasteiger partial charge in [-0.1, -0.05) is 36.4 Å². The lowest BCUT2D eigenvalue weighted by Gasteiger charge is -2.27. The number of hydrazone groups is 1. The van der Waals surface area contributed by atoms with Crippen LogP contribution in [-0.2, 0) is 4.74 Å². The van der Waals surface area contributed by atoms with Gasteiger partial charge in [-0.05, 0) is 18.1 Å². The first kappa shape index (κ1) is 18.8. The van der Waals surface area contributed by atoms with Gasteiger partial charge in [0.25, 0.3) is 0 Å². The standard InChI is InChI=1S/C19H25N7O/c1-15(13-16-7-5-4-6-8-16)14-20-24-17-21-18(25(2)3)23-19(22-17)26-9-11-27-12-10-26/h4-8,13-14H,9-12H2,1-3H3,(H,21,22,23,24)/b15-13+,20-14+. The van der Waals surface area contributed by atoms with Gasteiger partial charge in [0.2, 0.25) is 17.8 Å². The van der Waals surface area contributed by atoms with Crippen LogP contribution >= 0.6 is 0 Å². The molecular formula is C19H25N7O.